The number of nitrogens with zero attached hydrogens (tertiary/aromatic N) is 2. The number of hydrogen-bond acceptors (Lipinski definition) is 2. The van der Waals surface area contributed by atoms with Crippen LogP contribution in [0.2, 0.25) is 0 Å². The molecule has 0 aliphatic rings. The van der Waals surface area contributed by atoms with Crippen molar-refractivity contribution in [1.82, 2.24) is 9.55 Å². The van der Waals surface area contributed by atoms with E-state index in [1.54, 1.807) is 7.11 Å². The average molecular weight is 295 g/mol. The summed E-state index contributed by atoms with van der Waals surface area (Å²) in [6, 6.07) is 6.54. The molecule has 2 aromatic rings. The maximum absolute atomic E-state index is 5.93. The van der Waals surface area contributed by atoms with Crippen molar-refractivity contribution in [2.75, 3.05) is 13.0 Å². The lowest BCUT2D eigenvalue weighted by Gasteiger charge is -2.17. The average Bonchev–Trinajstić information content (AvgIpc) is 2.82. The molecule has 0 radical (unpaired) electrons. The quantitative estimate of drug-likeness (QED) is 0.699. The molecule has 3 nitrogen and oxygen atoms in total. The topological polar surface area (TPSA) is 27.1 Å². The Kier molecular flexibility index (Phi) is 5.30. The second-order valence-electron chi connectivity index (χ2n) is 5.18. The first kappa shape index (κ1) is 15.2. The van der Waals surface area contributed by atoms with Crippen LogP contribution < -0.4 is 4.74 Å². The van der Waals surface area contributed by atoms with Gasteiger partial charge < -0.3 is 9.30 Å². The van der Waals surface area contributed by atoms with Crippen molar-refractivity contribution in [2.24, 2.45) is 0 Å². The lowest BCUT2D eigenvalue weighted by Crippen LogP contribution is -2.10. The Labute approximate surface area is 125 Å². The summed E-state index contributed by atoms with van der Waals surface area (Å²) in [6.45, 7) is 4.49. The summed E-state index contributed by atoms with van der Waals surface area (Å²) in [6.07, 6.45) is 4.42. The number of methoxy groups -OCH3 is 1. The number of aromatic nitrogens is 2. The second-order valence-corrected chi connectivity index (χ2v) is 5.56. The molecule has 1 heterocycles. The zero-order valence-corrected chi connectivity index (χ0v) is 13.3. The van der Waals surface area contributed by atoms with Gasteiger partial charge in [-0.1, -0.05) is 19.8 Å². The van der Waals surface area contributed by atoms with Crippen molar-refractivity contribution in [3.05, 3.63) is 24.0 Å². The Morgan fingerprint density at radius 3 is 2.85 bits per heavy atom. The van der Waals surface area contributed by atoms with Gasteiger partial charge in [0.15, 0.2) is 0 Å². The van der Waals surface area contributed by atoms with Gasteiger partial charge in [0, 0.05) is 24.4 Å². The van der Waals surface area contributed by atoms with Crippen LogP contribution in [-0.4, -0.2) is 22.5 Å². The summed E-state index contributed by atoms with van der Waals surface area (Å²) in [5.74, 6) is 2.52. The number of hydrogen-bond donors (Lipinski definition) is 0. The molecule has 20 heavy (non-hydrogen) atoms. The zero-order chi connectivity index (χ0) is 14.5. The summed E-state index contributed by atoms with van der Waals surface area (Å²) < 4.78 is 7.62. The van der Waals surface area contributed by atoms with Gasteiger partial charge in [-0.15, -0.1) is 11.6 Å². The molecule has 1 atom stereocenters. The van der Waals surface area contributed by atoms with Crippen molar-refractivity contribution in [3.8, 4) is 5.75 Å². The number of ether oxygens (including phenoxy) is 1. The molecule has 2 rings (SSSR count). The molecule has 0 saturated heterocycles. The summed E-state index contributed by atoms with van der Waals surface area (Å²) in [7, 11) is 1.68. The number of unbranched alkanes of at least 4 members (excludes halogenated alkanes) is 1. The van der Waals surface area contributed by atoms with Crippen LogP contribution in [0.1, 0.15) is 45.0 Å². The van der Waals surface area contributed by atoms with Gasteiger partial charge in [0.05, 0.1) is 18.1 Å². The maximum atomic E-state index is 5.93. The number of halogens is 1. The number of benzene rings is 1. The van der Waals surface area contributed by atoms with Gasteiger partial charge in [0.25, 0.3) is 0 Å². The molecule has 0 fully saturated rings. The molecule has 0 aliphatic carbocycles. The van der Waals surface area contributed by atoms with Crippen molar-refractivity contribution in [3.63, 3.8) is 0 Å². The minimum Gasteiger partial charge on any atom is -0.497 e. The highest BCUT2D eigenvalue weighted by Crippen LogP contribution is 2.27. The third kappa shape index (κ3) is 3.09. The summed E-state index contributed by atoms with van der Waals surface area (Å²) >= 11 is 5.93. The molecule has 0 spiro atoms. The summed E-state index contributed by atoms with van der Waals surface area (Å²) in [5, 5.41) is 0. The summed E-state index contributed by atoms with van der Waals surface area (Å²) in [4.78, 5) is 4.74. The normalized spacial score (nSPS) is 12.8. The molecule has 0 saturated carbocycles. The number of fused-ring (bicyclic) bond motifs is 1. The second kappa shape index (κ2) is 6.98. The minimum atomic E-state index is 0.451. The van der Waals surface area contributed by atoms with Crippen molar-refractivity contribution in [2.45, 2.75) is 45.6 Å². The van der Waals surface area contributed by atoms with E-state index in [-0.39, 0.29) is 0 Å². The van der Waals surface area contributed by atoms with E-state index in [0.717, 1.165) is 23.5 Å². The third-order valence-corrected chi connectivity index (χ3v) is 3.89. The first-order valence-corrected chi connectivity index (χ1v) is 7.85. The molecular formula is C16H23ClN2O. The lowest BCUT2D eigenvalue weighted by molar-refractivity contribution is 0.415. The van der Waals surface area contributed by atoms with Crippen molar-refractivity contribution < 1.29 is 4.74 Å². The molecule has 110 valence electrons. The van der Waals surface area contributed by atoms with Crippen molar-refractivity contribution in [1.29, 1.82) is 0 Å². The number of aryl methyl sites for hydroxylation is 1. The molecule has 0 N–H and O–H groups in total. The predicted molar refractivity (Wildman–Crippen MR) is 84.9 cm³/mol. The van der Waals surface area contributed by atoms with E-state index in [0.29, 0.717) is 11.9 Å². The van der Waals surface area contributed by atoms with Gasteiger partial charge in [-0.3, -0.25) is 0 Å². The fourth-order valence-electron chi connectivity index (χ4n) is 2.64. The van der Waals surface area contributed by atoms with Gasteiger partial charge in [-0.25, -0.2) is 4.98 Å². The smallest absolute Gasteiger partial charge is 0.121 e. The third-order valence-electron chi connectivity index (χ3n) is 3.70. The van der Waals surface area contributed by atoms with Crippen LogP contribution in [0.5, 0.6) is 5.75 Å². The van der Waals surface area contributed by atoms with E-state index >= 15 is 0 Å². The number of imidazole rings is 1. The van der Waals surface area contributed by atoms with Gasteiger partial charge in [-0.2, -0.15) is 0 Å². The lowest BCUT2D eigenvalue weighted by atomic mass is 10.1. The Bertz CT molecular complexity index is 565. The summed E-state index contributed by atoms with van der Waals surface area (Å²) in [5.41, 5.74) is 2.17. The van der Waals surface area contributed by atoms with Gasteiger partial charge in [-0.05, 0) is 25.5 Å². The van der Waals surface area contributed by atoms with E-state index in [1.807, 2.05) is 12.1 Å². The van der Waals surface area contributed by atoms with Crippen LogP contribution in [-0.2, 0) is 6.42 Å². The molecule has 4 heteroatoms. The van der Waals surface area contributed by atoms with E-state index in [1.165, 1.54) is 24.8 Å². The minimum absolute atomic E-state index is 0.451. The van der Waals surface area contributed by atoms with Crippen LogP contribution in [0.3, 0.4) is 0 Å². The van der Waals surface area contributed by atoms with Gasteiger partial charge >= 0.3 is 0 Å². The number of rotatable bonds is 7. The highest BCUT2D eigenvalue weighted by Gasteiger charge is 2.15. The fraction of sp³-hybridized carbons (Fsp3) is 0.562. The number of alkyl halides is 1. The van der Waals surface area contributed by atoms with E-state index in [9.17, 15) is 0 Å². The monoisotopic (exact) mass is 294 g/mol. The molecule has 1 aromatic heterocycles. The van der Waals surface area contributed by atoms with Crippen LogP contribution >= 0.6 is 11.6 Å². The highest BCUT2D eigenvalue weighted by molar-refractivity contribution is 6.17. The van der Waals surface area contributed by atoms with Crippen LogP contribution in [0.15, 0.2) is 18.2 Å². The molecule has 1 unspecified atom stereocenters. The standard InChI is InChI=1S/C16H23ClN2O/c1-4-5-6-12(2)19-15-8-7-13(20-3)11-14(15)18-16(19)9-10-17/h7-8,11-12H,4-6,9-10H2,1-3H3. The Morgan fingerprint density at radius 2 is 2.20 bits per heavy atom. The van der Waals surface area contributed by atoms with Crippen LogP contribution in [0.4, 0.5) is 0 Å². The fourth-order valence-corrected chi connectivity index (χ4v) is 2.81. The molecule has 0 amide bonds. The van der Waals surface area contributed by atoms with Gasteiger partial charge in [0.1, 0.15) is 11.6 Å². The first-order valence-electron chi connectivity index (χ1n) is 7.32. The Balaban J connectivity index is 2.45. The first-order chi connectivity index (χ1) is 9.71. The molecular weight excluding hydrogens is 272 g/mol. The predicted octanol–water partition coefficient (Wildman–Crippen LogP) is 4.58. The SMILES string of the molecule is CCCCC(C)n1c(CCCl)nc2cc(OC)ccc21. The van der Waals surface area contributed by atoms with Crippen LogP contribution in [0.25, 0.3) is 11.0 Å². The van der Waals surface area contributed by atoms with Crippen molar-refractivity contribution >= 4 is 22.6 Å². The molecule has 0 aliphatic heterocycles. The van der Waals surface area contributed by atoms with E-state index < -0.39 is 0 Å². The largest absolute Gasteiger partial charge is 0.497 e. The Hall–Kier alpha value is -1.22. The Morgan fingerprint density at radius 1 is 1.40 bits per heavy atom. The molecule has 0 bridgehead atoms. The van der Waals surface area contributed by atoms with Crippen LogP contribution in [0, 0.1) is 0 Å². The highest BCUT2D eigenvalue weighted by atomic mass is 35.5. The molecule has 1 aromatic carbocycles. The van der Waals surface area contributed by atoms with Gasteiger partial charge in [0.2, 0.25) is 0 Å². The zero-order valence-electron chi connectivity index (χ0n) is 12.5. The maximum Gasteiger partial charge on any atom is 0.121 e. The van der Waals surface area contributed by atoms with E-state index in [4.69, 9.17) is 21.3 Å². The van der Waals surface area contributed by atoms with E-state index in [2.05, 4.69) is 24.5 Å².